The van der Waals surface area contributed by atoms with Gasteiger partial charge in [-0.15, -0.1) is 0 Å². The van der Waals surface area contributed by atoms with Crippen molar-refractivity contribution < 1.29 is 9.94 Å². The number of rotatable bonds is 0. The molecule has 1 rings (SSSR count). The van der Waals surface area contributed by atoms with Gasteiger partial charge in [0.25, 0.3) is 0 Å². The Labute approximate surface area is 36.1 Å². The van der Waals surface area contributed by atoms with Gasteiger partial charge in [-0.1, -0.05) is 0 Å². The van der Waals surface area contributed by atoms with Crippen LogP contribution in [0.15, 0.2) is 0 Å². The second kappa shape index (κ2) is 1.55. The molecular formula is C3H7NO2. The molecule has 36 valence electrons. The monoisotopic (exact) mass is 89.0 g/mol. The van der Waals surface area contributed by atoms with E-state index >= 15 is 0 Å². The Morgan fingerprint density at radius 1 is 1.67 bits per heavy atom. The molecule has 0 bridgehead atoms. The minimum Gasteiger partial charge on any atom is -0.362 e. The third-order valence-corrected chi connectivity index (χ3v) is 0.734. The van der Waals surface area contributed by atoms with Crippen LogP contribution in [0.1, 0.15) is 0 Å². The summed E-state index contributed by atoms with van der Waals surface area (Å²) >= 11 is 0. The summed E-state index contributed by atoms with van der Waals surface area (Å²) < 4.78 is 4.73. The summed E-state index contributed by atoms with van der Waals surface area (Å²) in [6.45, 7) is 1.69. The van der Waals surface area contributed by atoms with Gasteiger partial charge in [0.05, 0.1) is 6.61 Å². The van der Waals surface area contributed by atoms with Gasteiger partial charge in [-0.25, -0.2) is 0 Å². The fourth-order valence-corrected chi connectivity index (χ4v) is 0.404. The topological polar surface area (TPSA) is 32.7 Å². The lowest BCUT2D eigenvalue weighted by Gasteiger charge is -1.96. The molecule has 0 aromatic carbocycles. The average Bonchev–Trinajstić information content (AvgIpc) is 1.86. The standard InChI is InChI=1S/C3H7NO2/c5-4-1-2-6-3-4/h5H,1-3H2. The summed E-state index contributed by atoms with van der Waals surface area (Å²) in [5.74, 6) is 0. The maximum atomic E-state index is 8.44. The first kappa shape index (κ1) is 4.05. The van der Waals surface area contributed by atoms with Crippen LogP contribution in [0.25, 0.3) is 0 Å². The summed E-state index contributed by atoms with van der Waals surface area (Å²) in [7, 11) is 0. The lowest BCUT2D eigenvalue weighted by atomic mass is 10.7. The van der Waals surface area contributed by atoms with Crippen molar-refractivity contribution in [2.45, 2.75) is 0 Å². The number of hydrogen-bond donors (Lipinski definition) is 1. The third-order valence-electron chi connectivity index (χ3n) is 0.734. The molecule has 0 saturated carbocycles. The smallest absolute Gasteiger partial charge is 0.122 e. The van der Waals surface area contributed by atoms with Crippen molar-refractivity contribution >= 4 is 0 Å². The van der Waals surface area contributed by atoms with Crippen LogP contribution in [0.5, 0.6) is 0 Å². The van der Waals surface area contributed by atoms with E-state index in [4.69, 9.17) is 9.94 Å². The molecule has 0 spiro atoms. The first-order valence-electron chi connectivity index (χ1n) is 1.91. The minimum atomic E-state index is 0.375. The molecule has 1 aliphatic heterocycles. The minimum absolute atomic E-state index is 0.375. The SMILES string of the molecule is ON1CCOC1. The number of ether oxygens (including phenoxy) is 1. The summed E-state index contributed by atoms with van der Waals surface area (Å²) in [6, 6.07) is 0. The van der Waals surface area contributed by atoms with Crippen LogP contribution in [0.4, 0.5) is 0 Å². The molecular weight excluding hydrogens is 82.0 g/mol. The van der Waals surface area contributed by atoms with Gasteiger partial charge in [0, 0.05) is 6.54 Å². The molecule has 3 nitrogen and oxygen atoms in total. The quantitative estimate of drug-likeness (QED) is 0.441. The highest BCUT2D eigenvalue weighted by Gasteiger charge is 2.05. The summed E-state index contributed by atoms with van der Waals surface area (Å²) in [5.41, 5.74) is 0. The Morgan fingerprint density at radius 2 is 2.50 bits per heavy atom. The van der Waals surface area contributed by atoms with E-state index in [-0.39, 0.29) is 0 Å². The van der Waals surface area contributed by atoms with Gasteiger partial charge in [0.1, 0.15) is 6.73 Å². The highest BCUT2D eigenvalue weighted by molar-refractivity contribution is 4.42. The lowest BCUT2D eigenvalue weighted by Crippen LogP contribution is -2.12. The third kappa shape index (κ3) is 0.680. The maximum Gasteiger partial charge on any atom is 0.122 e. The summed E-state index contributed by atoms with van der Waals surface area (Å²) in [6.07, 6.45) is 0. The second-order valence-electron chi connectivity index (χ2n) is 1.27. The summed E-state index contributed by atoms with van der Waals surface area (Å²) in [4.78, 5) is 0. The zero-order valence-electron chi connectivity index (χ0n) is 3.42. The van der Waals surface area contributed by atoms with Crippen LogP contribution in [-0.4, -0.2) is 30.2 Å². The Bertz CT molecular complexity index is 42.1. The maximum absolute atomic E-state index is 8.44. The van der Waals surface area contributed by atoms with Crippen molar-refractivity contribution in [3.63, 3.8) is 0 Å². The molecule has 1 heterocycles. The number of hydrogen-bond acceptors (Lipinski definition) is 3. The molecule has 1 fully saturated rings. The average molecular weight is 89.1 g/mol. The van der Waals surface area contributed by atoms with Gasteiger partial charge in [-0.2, -0.15) is 5.06 Å². The van der Waals surface area contributed by atoms with Gasteiger partial charge in [0.15, 0.2) is 0 Å². The molecule has 3 heteroatoms. The Morgan fingerprint density at radius 3 is 2.67 bits per heavy atom. The van der Waals surface area contributed by atoms with Crippen molar-refractivity contribution in [1.82, 2.24) is 5.06 Å². The second-order valence-corrected chi connectivity index (χ2v) is 1.27. The number of nitrogens with zero attached hydrogens (tertiary/aromatic N) is 1. The highest BCUT2D eigenvalue weighted by Crippen LogP contribution is 1.90. The van der Waals surface area contributed by atoms with E-state index in [1.165, 1.54) is 0 Å². The van der Waals surface area contributed by atoms with Crippen LogP contribution < -0.4 is 0 Å². The van der Waals surface area contributed by atoms with E-state index in [2.05, 4.69) is 0 Å². The fraction of sp³-hybridized carbons (Fsp3) is 1.00. The van der Waals surface area contributed by atoms with Gasteiger partial charge in [-0.05, 0) is 0 Å². The van der Waals surface area contributed by atoms with Crippen LogP contribution in [0.2, 0.25) is 0 Å². The molecule has 0 amide bonds. The normalized spacial score (nSPS) is 25.5. The Hall–Kier alpha value is -0.120. The Kier molecular flexibility index (Phi) is 1.05. The molecule has 0 atom stereocenters. The van der Waals surface area contributed by atoms with Crippen LogP contribution in [0, 0.1) is 0 Å². The van der Waals surface area contributed by atoms with E-state index in [0.29, 0.717) is 19.9 Å². The predicted octanol–water partition coefficient (Wildman–Crippen LogP) is -0.335. The first-order chi connectivity index (χ1) is 2.89. The van der Waals surface area contributed by atoms with Crippen molar-refractivity contribution in [3.05, 3.63) is 0 Å². The molecule has 0 radical (unpaired) electrons. The Balaban J connectivity index is 2.18. The highest BCUT2D eigenvalue weighted by atomic mass is 16.6. The van der Waals surface area contributed by atoms with Crippen LogP contribution >= 0.6 is 0 Å². The first-order valence-corrected chi connectivity index (χ1v) is 1.91. The van der Waals surface area contributed by atoms with E-state index < -0.39 is 0 Å². The molecule has 0 unspecified atom stereocenters. The van der Waals surface area contributed by atoms with E-state index in [9.17, 15) is 0 Å². The van der Waals surface area contributed by atoms with Crippen molar-refractivity contribution in [1.29, 1.82) is 0 Å². The van der Waals surface area contributed by atoms with Crippen LogP contribution in [0.3, 0.4) is 0 Å². The molecule has 0 aromatic heterocycles. The summed E-state index contributed by atoms with van der Waals surface area (Å²) in [5, 5.41) is 9.58. The van der Waals surface area contributed by atoms with Crippen molar-refractivity contribution in [2.24, 2.45) is 0 Å². The van der Waals surface area contributed by atoms with Crippen molar-refractivity contribution in [2.75, 3.05) is 19.9 Å². The van der Waals surface area contributed by atoms with Gasteiger partial charge >= 0.3 is 0 Å². The van der Waals surface area contributed by atoms with E-state index in [0.717, 1.165) is 5.06 Å². The predicted molar refractivity (Wildman–Crippen MR) is 19.3 cm³/mol. The molecule has 0 aromatic rings. The largest absolute Gasteiger partial charge is 0.362 e. The molecule has 6 heavy (non-hydrogen) atoms. The zero-order chi connectivity index (χ0) is 4.41. The zero-order valence-corrected chi connectivity index (χ0v) is 3.42. The van der Waals surface area contributed by atoms with Gasteiger partial charge < -0.3 is 9.94 Å². The van der Waals surface area contributed by atoms with Gasteiger partial charge in [-0.3, -0.25) is 0 Å². The lowest BCUT2D eigenvalue weighted by molar-refractivity contribution is -0.0977. The molecule has 1 saturated heterocycles. The van der Waals surface area contributed by atoms with E-state index in [1.807, 2.05) is 0 Å². The number of hydroxylamine groups is 2. The van der Waals surface area contributed by atoms with E-state index in [1.54, 1.807) is 0 Å². The molecule has 0 aliphatic carbocycles. The van der Waals surface area contributed by atoms with Gasteiger partial charge in [0.2, 0.25) is 0 Å². The molecule has 1 aliphatic rings. The fourth-order valence-electron chi connectivity index (χ4n) is 0.404. The van der Waals surface area contributed by atoms with Crippen molar-refractivity contribution in [3.8, 4) is 0 Å². The van der Waals surface area contributed by atoms with Crippen LogP contribution in [-0.2, 0) is 4.74 Å². The molecule has 1 N–H and O–H groups in total.